The van der Waals surface area contributed by atoms with Gasteiger partial charge in [0.15, 0.2) is 5.79 Å². The van der Waals surface area contributed by atoms with Crippen molar-refractivity contribution in [3.63, 3.8) is 0 Å². The zero-order valence-electron chi connectivity index (χ0n) is 31.6. The number of allylic oxidation sites excluding steroid dienone is 2. The normalized spacial score (nSPS) is 16.6. The fourth-order valence-electron chi connectivity index (χ4n) is 7.17. The number of aryl methyl sites for hydroxylation is 6. The van der Waals surface area contributed by atoms with Gasteiger partial charge in [0.1, 0.15) is 17.5 Å². The van der Waals surface area contributed by atoms with Crippen molar-refractivity contribution in [1.82, 2.24) is 37.8 Å². The second-order valence-electron chi connectivity index (χ2n) is 13.7. The number of hydrogen-bond donors (Lipinski definition) is 0. The molecule has 1 unspecified atom stereocenters. The summed E-state index contributed by atoms with van der Waals surface area (Å²) in [5.41, 5.74) is 8.06. The molecule has 6 aromatic rings. The van der Waals surface area contributed by atoms with Gasteiger partial charge in [-0.2, -0.15) is 20.2 Å². The molecule has 0 spiro atoms. The van der Waals surface area contributed by atoms with E-state index in [1.807, 2.05) is 129 Å². The number of carbonyl (C=O) groups excluding carboxylic acids is 2. The highest BCUT2D eigenvalue weighted by Gasteiger charge is 2.35. The molecule has 1 saturated heterocycles. The summed E-state index contributed by atoms with van der Waals surface area (Å²) in [6, 6.07) is 17.6. The maximum Gasteiger partial charge on any atom is 0.298 e. The standard InChI is InChI=1S/C39H46N10O4/c1-9-48-31(22-25(3)42-48)35(50)40-37-44(7)28-17-11-12-18-29(28)46(37)20-13-14-21-47-34-27(33-24-52-39(5,6)53-33)16-15-19-30(34)45(8)38(47)41-36(51)32-23-26(4)43-49(32)10-2/h11-19,22-23,33H,9-10,20-21,24H2,1-8H3/b14-13+,40-37?,41-38?. The quantitative estimate of drug-likeness (QED) is 0.196. The van der Waals surface area contributed by atoms with Gasteiger partial charge in [-0.25, -0.2) is 0 Å². The maximum atomic E-state index is 13.8. The topological polar surface area (TPSA) is 133 Å². The second kappa shape index (κ2) is 14.1. The molecule has 1 aliphatic heterocycles. The van der Waals surface area contributed by atoms with Crippen molar-refractivity contribution in [2.75, 3.05) is 6.61 Å². The van der Waals surface area contributed by atoms with Crippen LogP contribution >= 0.6 is 0 Å². The lowest BCUT2D eigenvalue weighted by atomic mass is 10.1. The molecule has 14 heteroatoms. The van der Waals surface area contributed by atoms with Crippen LogP contribution in [0, 0.1) is 13.8 Å². The van der Waals surface area contributed by atoms with Crippen molar-refractivity contribution in [3.8, 4) is 0 Å². The van der Waals surface area contributed by atoms with Gasteiger partial charge >= 0.3 is 0 Å². The summed E-state index contributed by atoms with van der Waals surface area (Å²) in [7, 11) is 3.83. The van der Waals surface area contributed by atoms with Crippen LogP contribution in [0.5, 0.6) is 0 Å². The van der Waals surface area contributed by atoms with Gasteiger partial charge in [0.2, 0.25) is 11.2 Å². The highest BCUT2D eigenvalue weighted by Crippen LogP contribution is 2.36. The summed E-state index contributed by atoms with van der Waals surface area (Å²) in [4.78, 5) is 36.6. The Balaban J connectivity index is 1.31. The summed E-state index contributed by atoms with van der Waals surface area (Å²) in [6.07, 6.45) is 3.79. The number of imidazole rings is 2. The first-order valence-corrected chi connectivity index (χ1v) is 18.0. The van der Waals surface area contributed by atoms with Crippen LogP contribution in [0.3, 0.4) is 0 Å². The van der Waals surface area contributed by atoms with Gasteiger partial charge in [-0.1, -0.05) is 36.4 Å². The zero-order valence-corrected chi connectivity index (χ0v) is 31.6. The molecule has 0 saturated carbocycles. The summed E-state index contributed by atoms with van der Waals surface area (Å²) in [6.45, 7) is 13.8. The smallest absolute Gasteiger partial charge is 0.298 e. The van der Waals surface area contributed by atoms with Gasteiger partial charge < -0.3 is 27.7 Å². The van der Waals surface area contributed by atoms with Gasteiger partial charge in [0.25, 0.3) is 11.8 Å². The van der Waals surface area contributed by atoms with E-state index in [4.69, 9.17) is 14.5 Å². The van der Waals surface area contributed by atoms with E-state index in [9.17, 15) is 9.59 Å². The predicted molar refractivity (Wildman–Crippen MR) is 200 cm³/mol. The average Bonchev–Trinajstić information content (AvgIpc) is 3.94. The highest BCUT2D eigenvalue weighted by atomic mass is 16.7. The third-order valence-corrected chi connectivity index (χ3v) is 9.64. The molecule has 2 amide bonds. The molecule has 53 heavy (non-hydrogen) atoms. The van der Waals surface area contributed by atoms with Gasteiger partial charge in [-0.15, -0.1) is 0 Å². The number of hydrogen-bond acceptors (Lipinski definition) is 6. The van der Waals surface area contributed by atoms with E-state index < -0.39 is 5.79 Å². The zero-order chi connectivity index (χ0) is 37.6. The van der Waals surface area contributed by atoms with E-state index in [-0.39, 0.29) is 17.9 Å². The average molecular weight is 719 g/mol. The minimum Gasteiger partial charge on any atom is -0.347 e. The van der Waals surface area contributed by atoms with Crippen molar-refractivity contribution < 1.29 is 19.1 Å². The second-order valence-corrected chi connectivity index (χ2v) is 13.7. The van der Waals surface area contributed by atoms with Crippen LogP contribution in [0.4, 0.5) is 0 Å². The Hall–Kier alpha value is -5.60. The number of ether oxygens (including phenoxy) is 2. The lowest BCUT2D eigenvalue weighted by Crippen LogP contribution is -2.27. The molecule has 4 aromatic heterocycles. The molecule has 14 nitrogen and oxygen atoms in total. The Morgan fingerprint density at radius 1 is 0.792 bits per heavy atom. The Morgan fingerprint density at radius 3 is 1.89 bits per heavy atom. The van der Waals surface area contributed by atoms with Crippen LogP contribution in [0.25, 0.3) is 22.1 Å². The number of benzene rings is 2. The SMILES string of the molecule is CCn1nc(C)cc1C(=O)N=c1n(C)c2ccccc2n1C/C=C/Cn1c(=NC(=O)c2cc(C)nn2CC)n(C)c2cccc(C3COC(C)(C)O3)c21. The van der Waals surface area contributed by atoms with Gasteiger partial charge in [-0.05, 0) is 71.9 Å². The number of nitrogens with zero attached hydrogens (tertiary/aromatic N) is 10. The van der Waals surface area contributed by atoms with Crippen molar-refractivity contribution in [1.29, 1.82) is 0 Å². The molecule has 1 aliphatic rings. The van der Waals surface area contributed by atoms with E-state index in [0.29, 0.717) is 55.4 Å². The van der Waals surface area contributed by atoms with Crippen molar-refractivity contribution >= 4 is 33.9 Å². The van der Waals surface area contributed by atoms with Gasteiger partial charge in [0, 0.05) is 45.8 Å². The predicted octanol–water partition coefficient (Wildman–Crippen LogP) is 4.89. The Labute approximate surface area is 306 Å². The molecule has 0 aliphatic carbocycles. The first-order valence-electron chi connectivity index (χ1n) is 18.0. The number of aromatic nitrogens is 8. The summed E-state index contributed by atoms with van der Waals surface area (Å²) in [5.74, 6) is -1.45. The number of fused-ring (bicyclic) bond motifs is 2. The minimum absolute atomic E-state index is 0.306. The number of rotatable bonds is 9. The first-order chi connectivity index (χ1) is 25.4. The van der Waals surface area contributed by atoms with Crippen LogP contribution in [0.1, 0.15) is 71.7 Å². The van der Waals surface area contributed by atoms with Gasteiger partial charge in [-0.3, -0.25) is 19.0 Å². The number of carbonyl (C=O) groups is 2. The van der Waals surface area contributed by atoms with Crippen LogP contribution in [0.15, 0.2) is 76.7 Å². The molecule has 0 N–H and O–H groups in total. The third-order valence-electron chi connectivity index (χ3n) is 9.64. The lowest BCUT2D eigenvalue weighted by molar-refractivity contribution is -0.138. The van der Waals surface area contributed by atoms with Crippen LogP contribution in [-0.4, -0.2) is 62.0 Å². The molecule has 7 rings (SSSR count). The van der Waals surface area contributed by atoms with E-state index in [2.05, 4.69) is 15.2 Å². The van der Waals surface area contributed by atoms with Crippen molar-refractivity contribution in [3.05, 3.63) is 106 Å². The molecule has 2 aromatic carbocycles. The number of amides is 2. The van der Waals surface area contributed by atoms with Crippen molar-refractivity contribution in [2.24, 2.45) is 24.1 Å². The van der Waals surface area contributed by atoms with Gasteiger partial charge in [0.05, 0.1) is 40.1 Å². The largest absolute Gasteiger partial charge is 0.347 e. The maximum absolute atomic E-state index is 13.8. The molecule has 5 heterocycles. The fraction of sp³-hybridized carbons (Fsp3) is 0.385. The Kier molecular flexibility index (Phi) is 9.51. The molecule has 0 radical (unpaired) electrons. The molecular weight excluding hydrogens is 672 g/mol. The Morgan fingerprint density at radius 2 is 1.32 bits per heavy atom. The molecule has 1 fully saturated rings. The number of para-hydroxylation sites is 3. The molecule has 276 valence electrons. The van der Waals surface area contributed by atoms with Crippen LogP contribution < -0.4 is 11.2 Å². The van der Waals surface area contributed by atoms with Crippen LogP contribution in [0.2, 0.25) is 0 Å². The first kappa shape index (κ1) is 35.8. The van der Waals surface area contributed by atoms with E-state index in [0.717, 1.165) is 39.0 Å². The summed E-state index contributed by atoms with van der Waals surface area (Å²) >= 11 is 0. The minimum atomic E-state index is -0.721. The summed E-state index contributed by atoms with van der Waals surface area (Å²) in [5, 5.41) is 8.91. The lowest BCUT2D eigenvalue weighted by Gasteiger charge is -2.18. The highest BCUT2D eigenvalue weighted by molar-refractivity contribution is 5.94. The Bertz CT molecular complexity index is 2550. The van der Waals surface area contributed by atoms with Crippen molar-refractivity contribution in [2.45, 2.75) is 79.6 Å². The van der Waals surface area contributed by atoms with Crippen LogP contribution in [-0.2, 0) is 49.7 Å². The van der Waals surface area contributed by atoms with E-state index in [1.54, 1.807) is 21.5 Å². The summed E-state index contributed by atoms with van der Waals surface area (Å²) < 4.78 is 23.6. The third kappa shape index (κ3) is 6.64. The fourth-order valence-corrected chi connectivity index (χ4v) is 7.17. The molecule has 0 bridgehead atoms. The monoisotopic (exact) mass is 718 g/mol. The van der Waals surface area contributed by atoms with E-state index in [1.165, 1.54) is 0 Å². The van der Waals surface area contributed by atoms with E-state index >= 15 is 0 Å². The molecular formula is C39H46N10O4. The molecule has 1 atom stereocenters.